The standard InChI is InChI=1S/C7H6N2O5/c1-7(9(13)14)4-5(8(11)12)2-3-6(7)10/h2-4H,1H3/i9+1. The van der Waals surface area contributed by atoms with Crippen LogP contribution in [0.1, 0.15) is 6.92 Å². The smallest absolute Gasteiger partial charge is 0.286 e. The van der Waals surface area contributed by atoms with Crippen LogP contribution in [0.25, 0.3) is 0 Å². The summed E-state index contributed by atoms with van der Waals surface area (Å²) >= 11 is 0. The summed E-state index contributed by atoms with van der Waals surface area (Å²) in [4.78, 5) is 30.4. The number of nitro groups is 2. The molecule has 7 heteroatoms. The van der Waals surface area contributed by atoms with Gasteiger partial charge in [-0.1, -0.05) is 0 Å². The summed E-state index contributed by atoms with van der Waals surface area (Å²) in [6.45, 7) is 1.03. The normalized spacial score (nSPS) is 25.8. The Morgan fingerprint density at radius 1 is 1.29 bits per heavy atom. The molecular weight excluding hydrogens is 193 g/mol. The van der Waals surface area contributed by atoms with E-state index in [0.29, 0.717) is 0 Å². The lowest BCUT2D eigenvalue weighted by Crippen LogP contribution is -2.42. The third kappa shape index (κ3) is 1.39. The second-order valence-corrected chi connectivity index (χ2v) is 2.93. The largest absolute Gasteiger partial charge is 0.305 e. The Morgan fingerprint density at radius 2 is 1.86 bits per heavy atom. The fourth-order valence-electron chi connectivity index (χ4n) is 0.993. The van der Waals surface area contributed by atoms with E-state index in [1.54, 1.807) is 0 Å². The molecule has 0 bridgehead atoms. The zero-order chi connectivity index (χ0) is 10.9. The quantitative estimate of drug-likeness (QED) is 0.362. The second kappa shape index (κ2) is 3.02. The number of carbonyl (C=O) groups excluding carboxylic acids is 1. The Balaban J connectivity index is 3.21. The molecule has 0 aromatic heterocycles. The van der Waals surface area contributed by atoms with Crippen molar-refractivity contribution in [2.24, 2.45) is 0 Å². The van der Waals surface area contributed by atoms with Gasteiger partial charge in [-0.15, -0.1) is 0 Å². The van der Waals surface area contributed by atoms with Crippen molar-refractivity contribution in [2.45, 2.75) is 12.5 Å². The Kier molecular flexibility index (Phi) is 2.16. The number of rotatable bonds is 2. The summed E-state index contributed by atoms with van der Waals surface area (Å²) in [6.07, 6.45) is 2.55. The molecule has 0 amide bonds. The van der Waals surface area contributed by atoms with E-state index in [2.05, 4.69) is 0 Å². The van der Waals surface area contributed by atoms with Crippen LogP contribution in [0.15, 0.2) is 23.9 Å². The van der Waals surface area contributed by atoms with Gasteiger partial charge in [0.1, 0.15) is 0 Å². The summed E-state index contributed by atoms with van der Waals surface area (Å²) in [6, 6.07) is 0. The van der Waals surface area contributed by atoms with E-state index in [1.807, 2.05) is 0 Å². The Bertz CT molecular complexity index is 384. The van der Waals surface area contributed by atoms with Gasteiger partial charge in [0, 0.05) is 17.9 Å². The maximum atomic E-state index is 11.1. The topological polar surface area (TPSA) is 103 Å². The number of allylic oxidation sites excluding steroid dienone is 1. The van der Waals surface area contributed by atoms with E-state index in [9.17, 15) is 25.0 Å². The average Bonchev–Trinajstić information content (AvgIpc) is 2.09. The zero-order valence-electron chi connectivity index (χ0n) is 7.17. The van der Waals surface area contributed by atoms with Gasteiger partial charge in [0.2, 0.25) is 5.78 Å². The van der Waals surface area contributed by atoms with E-state index in [0.717, 1.165) is 25.2 Å². The SMILES string of the molecule is CC1([15N+](=O)[O-])C=C([N+](=O)[O-])C=CC1=O. The molecule has 0 N–H and O–H groups in total. The van der Waals surface area contributed by atoms with E-state index >= 15 is 0 Å². The fraction of sp³-hybridized carbons (Fsp3) is 0.286. The lowest BCUT2D eigenvalue weighted by Gasteiger charge is -2.14. The number of hydrogen-bond donors (Lipinski definition) is 0. The summed E-state index contributed by atoms with van der Waals surface area (Å²) in [5.74, 6) is -0.770. The molecule has 1 aliphatic rings. The number of ketones is 1. The first-order valence-corrected chi connectivity index (χ1v) is 3.62. The van der Waals surface area contributed by atoms with Crippen molar-refractivity contribution in [1.82, 2.24) is 0 Å². The summed E-state index contributed by atoms with van der Waals surface area (Å²) in [7, 11) is 0. The average molecular weight is 199 g/mol. The lowest BCUT2D eigenvalue weighted by molar-refractivity contribution is -0.534. The first kappa shape index (κ1) is 10.0. The first-order chi connectivity index (χ1) is 6.38. The zero-order valence-corrected chi connectivity index (χ0v) is 7.17. The maximum Gasteiger partial charge on any atom is 0.305 e. The molecule has 0 saturated heterocycles. The minimum absolute atomic E-state index is 0.441. The van der Waals surface area contributed by atoms with Crippen LogP contribution in [0, 0.1) is 20.2 Å². The fourth-order valence-corrected chi connectivity index (χ4v) is 0.993. The van der Waals surface area contributed by atoms with Crippen LogP contribution in [0.4, 0.5) is 0 Å². The monoisotopic (exact) mass is 199 g/mol. The predicted octanol–water partition coefficient (Wildman–Crippen LogP) is 0.321. The highest BCUT2D eigenvalue weighted by Gasteiger charge is 2.46. The van der Waals surface area contributed by atoms with Crippen molar-refractivity contribution < 1.29 is 14.6 Å². The minimum Gasteiger partial charge on any atom is -0.286 e. The Labute approximate surface area is 78.0 Å². The lowest BCUT2D eigenvalue weighted by atomic mass is 9.93. The predicted molar refractivity (Wildman–Crippen MR) is 44.6 cm³/mol. The molecule has 0 radical (unpaired) electrons. The highest BCUT2D eigenvalue weighted by molar-refractivity contribution is 5.99. The molecule has 0 aromatic carbocycles. The van der Waals surface area contributed by atoms with Crippen LogP contribution >= 0.6 is 0 Å². The van der Waals surface area contributed by atoms with Gasteiger partial charge in [0.05, 0.1) is 11.0 Å². The summed E-state index contributed by atoms with van der Waals surface area (Å²) in [5.41, 5.74) is -2.46. The van der Waals surface area contributed by atoms with Gasteiger partial charge in [0.15, 0.2) is 0 Å². The van der Waals surface area contributed by atoms with Crippen molar-refractivity contribution in [3.05, 3.63) is 44.2 Å². The molecular formula is C7H6N2O5. The van der Waals surface area contributed by atoms with E-state index in [4.69, 9.17) is 0 Å². The minimum atomic E-state index is -2.02. The van der Waals surface area contributed by atoms with Gasteiger partial charge in [0.25, 0.3) is 5.70 Å². The molecule has 0 spiro atoms. The molecule has 0 fully saturated rings. The molecule has 1 aliphatic carbocycles. The second-order valence-electron chi connectivity index (χ2n) is 2.93. The Morgan fingerprint density at radius 3 is 2.29 bits per heavy atom. The van der Waals surface area contributed by atoms with Gasteiger partial charge in [-0.3, -0.25) is 25.0 Å². The third-order valence-electron chi connectivity index (χ3n) is 1.92. The summed E-state index contributed by atoms with van der Waals surface area (Å²) in [5, 5.41) is 20.9. The van der Waals surface area contributed by atoms with Crippen molar-refractivity contribution >= 4 is 5.78 Å². The maximum absolute atomic E-state index is 11.1. The molecule has 1 rings (SSSR count). The molecule has 74 valence electrons. The molecule has 0 heterocycles. The number of hydrogen-bond acceptors (Lipinski definition) is 5. The van der Waals surface area contributed by atoms with Crippen LogP contribution in [0.3, 0.4) is 0 Å². The highest BCUT2D eigenvalue weighted by Crippen LogP contribution is 2.21. The van der Waals surface area contributed by atoms with Crippen molar-refractivity contribution in [2.75, 3.05) is 0 Å². The highest BCUT2D eigenvalue weighted by atomic mass is 16.9. The van der Waals surface area contributed by atoms with Gasteiger partial charge in [-0.2, -0.15) is 0 Å². The Hall–Kier alpha value is -2.05. The molecule has 7 nitrogen and oxygen atoms in total. The molecule has 1 atom stereocenters. The van der Waals surface area contributed by atoms with Crippen LogP contribution < -0.4 is 0 Å². The summed E-state index contributed by atoms with van der Waals surface area (Å²) < 4.78 is 0. The molecule has 0 saturated carbocycles. The van der Waals surface area contributed by atoms with E-state index in [-0.39, 0.29) is 0 Å². The van der Waals surface area contributed by atoms with Gasteiger partial charge in [-0.25, -0.2) is 0 Å². The number of nitrogens with zero attached hydrogens (tertiary/aromatic N) is 2. The van der Waals surface area contributed by atoms with Crippen LogP contribution in [-0.2, 0) is 4.79 Å². The van der Waals surface area contributed by atoms with Crippen molar-refractivity contribution in [1.29, 1.82) is 0 Å². The van der Waals surface area contributed by atoms with Crippen LogP contribution in [0.5, 0.6) is 0 Å². The van der Waals surface area contributed by atoms with Gasteiger partial charge in [-0.05, 0) is 6.08 Å². The van der Waals surface area contributed by atoms with E-state index in [1.165, 1.54) is 0 Å². The molecule has 1 unspecified atom stereocenters. The van der Waals surface area contributed by atoms with Crippen molar-refractivity contribution in [3.8, 4) is 0 Å². The third-order valence-corrected chi connectivity index (χ3v) is 1.92. The van der Waals surface area contributed by atoms with Gasteiger partial charge < -0.3 is 0 Å². The van der Waals surface area contributed by atoms with Gasteiger partial charge >= 0.3 is 5.54 Å². The molecule has 14 heavy (non-hydrogen) atoms. The van der Waals surface area contributed by atoms with E-state index < -0.39 is 26.9 Å². The number of carbonyl (C=O) groups is 1. The van der Waals surface area contributed by atoms with Crippen molar-refractivity contribution in [3.63, 3.8) is 0 Å². The first-order valence-electron chi connectivity index (χ1n) is 3.62. The molecule has 0 aromatic rings. The molecule has 0 aliphatic heterocycles. The van der Waals surface area contributed by atoms with Crippen LogP contribution in [0.2, 0.25) is 0 Å². The van der Waals surface area contributed by atoms with Crippen LogP contribution in [-0.4, -0.2) is 21.2 Å².